The third kappa shape index (κ3) is 5.48. The Kier molecular flexibility index (Phi) is 7.67. The summed E-state index contributed by atoms with van der Waals surface area (Å²) in [5, 5.41) is 5.63. The second-order valence-electron chi connectivity index (χ2n) is 5.78. The number of carbonyl (C=O) groups excluding carboxylic acids is 2. The van der Waals surface area contributed by atoms with Gasteiger partial charge in [-0.05, 0) is 50.6 Å². The van der Waals surface area contributed by atoms with Crippen molar-refractivity contribution < 1.29 is 19.1 Å². The van der Waals surface area contributed by atoms with Crippen LogP contribution < -0.4 is 20.1 Å². The van der Waals surface area contributed by atoms with Crippen LogP contribution in [0, 0.1) is 0 Å². The van der Waals surface area contributed by atoms with Crippen LogP contribution in [0.1, 0.15) is 47.9 Å². The zero-order chi connectivity index (χ0) is 19.6. The smallest absolute Gasteiger partial charge is 0.255 e. The first-order chi connectivity index (χ1) is 13.1. The maximum Gasteiger partial charge on any atom is 0.255 e. The fourth-order valence-electron chi connectivity index (χ4n) is 2.51. The van der Waals surface area contributed by atoms with Gasteiger partial charge in [-0.3, -0.25) is 9.59 Å². The predicted molar refractivity (Wildman–Crippen MR) is 106 cm³/mol. The highest BCUT2D eigenvalue weighted by Gasteiger charge is 2.15. The number of hydrogen-bond donors (Lipinski definition) is 2. The molecule has 2 rings (SSSR count). The van der Waals surface area contributed by atoms with Crippen LogP contribution in [0.25, 0.3) is 0 Å². The van der Waals surface area contributed by atoms with E-state index in [2.05, 4.69) is 10.6 Å². The molecular formula is C21H26N2O4. The van der Waals surface area contributed by atoms with Gasteiger partial charge >= 0.3 is 0 Å². The van der Waals surface area contributed by atoms with Gasteiger partial charge in [-0.2, -0.15) is 0 Å². The summed E-state index contributed by atoms with van der Waals surface area (Å²) in [4.78, 5) is 25.0. The molecule has 0 saturated heterocycles. The van der Waals surface area contributed by atoms with Crippen LogP contribution in [0.3, 0.4) is 0 Å². The second-order valence-corrected chi connectivity index (χ2v) is 5.78. The monoisotopic (exact) mass is 370 g/mol. The molecule has 0 spiro atoms. The largest absolute Gasteiger partial charge is 0.490 e. The molecule has 27 heavy (non-hydrogen) atoms. The minimum atomic E-state index is -0.324. The molecule has 0 fully saturated rings. The van der Waals surface area contributed by atoms with E-state index in [1.807, 2.05) is 20.8 Å². The van der Waals surface area contributed by atoms with E-state index in [1.165, 1.54) is 0 Å². The van der Waals surface area contributed by atoms with Crippen molar-refractivity contribution >= 4 is 17.5 Å². The number of hydrogen-bond acceptors (Lipinski definition) is 4. The lowest BCUT2D eigenvalue weighted by Gasteiger charge is -2.14. The van der Waals surface area contributed by atoms with Gasteiger partial charge in [0.25, 0.3) is 11.8 Å². The highest BCUT2D eigenvalue weighted by atomic mass is 16.5. The van der Waals surface area contributed by atoms with E-state index in [-0.39, 0.29) is 11.8 Å². The Balaban J connectivity index is 2.22. The lowest BCUT2D eigenvalue weighted by Crippen LogP contribution is -2.25. The van der Waals surface area contributed by atoms with Crippen LogP contribution in [0.4, 0.5) is 5.69 Å². The fraction of sp³-hybridized carbons (Fsp3) is 0.333. The van der Waals surface area contributed by atoms with Crippen molar-refractivity contribution in [3.63, 3.8) is 0 Å². The summed E-state index contributed by atoms with van der Waals surface area (Å²) in [7, 11) is 0. The molecule has 0 heterocycles. The highest BCUT2D eigenvalue weighted by molar-refractivity contribution is 6.09. The Labute approximate surface area is 159 Å². The van der Waals surface area contributed by atoms with Gasteiger partial charge in [0.05, 0.1) is 24.5 Å². The Morgan fingerprint density at radius 2 is 1.59 bits per heavy atom. The van der Waals surface area contributed by atoms with Crippen LogP contribution in [0.15, 0.2) is 42.5 Å². The van der Waals surface area contributed by atoms with Crippen molar-refractivity contribution in [2.45, 2.75) is 27.2 Å². The molecule has 6 nitrogen and oxygen atoms in total. The number of benzene rings is 2. The number of ether oxygens (including phenoxy) is 2. The van der Waals surface area contributed by atoms with Crippen LogP contribution in [-0.4, -0.2) is 31.6 Å². The molecule has 144 valence electrons. The third-order valence-corrected chi connectivity index (χ3v) is 3.76. The normalized spacial score (nSPS) is 10.2. The van der Waals surface area contributed by atoms with Crippen LogP contribution in [0.2, 0.25) is 0 Å². The average molecular weight is 370 g/mol. The molecule has 0 radical (unpaired) electrons. The van der Waals surface area contributed by atoms with Crippen LogP contribution >= 0.6 is 0 Å². The van der Waals surface area contributed by atoms with E-state index in [0.717, 1.165) is 6.42 Å². The van der Waals surface area contributed by atoms with Crippen LogP contribution in [0.5, 0.6) is 11.5 Å². The van der Waals surface area contributed by atoms with Crippen molar-refractivity contribution in [1.82, 2.24) is 5.32 Å². The average Bonchev–Trinajstić information content (AvgIpc) is 2.68. The van der Waals surface area contributed by atoms with Gasteiger partial charge in [0.15, 0.2) is 11.5 Å². The first-order valence-electron chi connectivity index (χ1n) is 9.18. The van der Waals surface area contributed by atoms with E-state index in [0.29, 0.717) is 48.1 Å². The van der Waals surface area contributed by atoms with Gasteiger partial charge < -0.3 is 20.1 Å². The van der Waals surface area contributed by atoms with Crippen molar-refractivity contribution in [2.75, 3.05) is 25.1 Å². The lowest BCUT2D eigenvalue weighted by molar-refractivity contribution is 0.0954. The molecule has 2 amide bonds. The van der Waals surface area contributed by atoms with E-state index in [4.69, 9.17) is 9.47 Å². The molecule has 0 aliphatic heterocycles. The van der Waals surface area contributed by atoms with Crippen molar-refractivity contribution in [1.29, 1.82) is 0 Å². The quantitative estimate of drug-likeness (QED) is 0.702. The zero-order valence-electron chi connectivity index (χ0n) is 16.0. The summed E-state index contributed by atoms with van der Waals surface area (Å²) in [6.45, 7) is 7.29. The molecule has 0 aliphatic carbocycles. The van der Waals surface area contributed by atoms with E-state index in [1.54, 1.807) is 42.5 Å². The van der Waals surface area contributed by atoms with Gasteiger partial charge in [-0.15, -0.1) is 0 Å². The van der Waals surface area contributed by atoms with E-state index in [9.17, 15) is 9.59 Å². The van der Waals surface area contributed by atoms with E-state index < -0.39 is 0 Å². The molecular weight excluding hydrogens is 344 g/mol. The summed E-state index contributed by atoms with van der Waals surface area (Å²) < 4.78 is 11.1. The Morgan fingerprint density at radius 3 is 2.30 bits per heavy atom. The van der Waals surface area contributed by atoms with E-state index >= 15 is 0 Å². The topological polar surface area (TPSA) is 76.7 Å². The summed E-state index contributed by atoms with van der Waals surface area (Å²) in [5.41, 5.74) is 1.31. The number of anilines is 1. The van der Waals surface area contributed by atoms with Gasteiger partial charge in [-0.25, -0.2) is 0 Å². The first-order valence-corrected chi connectivity index (χ1v) is 9.18. The molecule has 0 aliphatic rings. The summed E-state index contributed by atoms with van der Waals surface area (Å²) in [5.74, 6) is 0.570. The second kappa shape index (κ2) is 10.2. The minimum Gasteiger partial charge on any atom is -0.490 e. The van der Waals surface area contributed by atoms with Gasteiger partial charge in [-0.1, -0.05) is 19.1 Å². The first kappa shape index (κ1) is 20.3. The Morgan fingerprint density at radius 1 is 0.889 bits per heavy atom. The Hall–Kier alpha value is -3.02. The molecule has 2 N–H and O–H groups in total. The standard InChI is InChI=1S/C21H26N2O4/c1-4-13-22-21(25)16-9-7-8-10-17(16)23-20(24)15-11-12-18(26-5-2)19(14-15)27-6-3/h7-12,14H,4-6,13H2,1-3H3,(H,22,25)(H,23,24). The minimum absolute atomic E-state index is 0.213. The van der Waals surface area contributed by atoms with Crippen molar-refractivity contribution in [2.24, 2.45) is 0 Å². The van der Waals surface area contributed by atoms with Crippen molar-refractivity contribution in [3.8, 4) is 11.5 Å². The third-order valence-electron chi connectivity index (χ3n) is 3.76. The molecule has 0 saturated carbocycles. The molecule has 0 bridgehead atoms. The number of para-hydroxylation sites is 1. The molecule has 6 heteroatoms. The predicted octanol–water partition coefficient (Wildman–Crippen LogP) is 3.88. The Bertz CT molecular complexity index is 790. The van der Waals surface area contributed by atoms with Crippen molar-refractivity contribution in [3.05, 3.63) is 53.6 Å². The van der Waals surface area contributed by atoms with Gasteiger partial charge in [0.1, 0.15) is 0 Å². The lowest BCUT2D eigenvalue weighted by atomic mass is 10.1. The summed E-state index contributed by atoms with van der Waals surface area (Å²) in [6.07, 6.45) is 0.840. The maximum absolute atomic E-state index is 12.7. The molecule has 2 aromatic rings. The SMILES string of the molecule is CCCNC(=O)c1ccccc1NC(=O)c1ccc(OCC)c(OCC)c1. The van der Waals surface area contributed by atoms with Gasteiger partial charge in [0.2, 0.25) is 0 Å². The summed E-state index contributed by atoms with van der Waals surface area (Å²) in [6, 6.07) is 12.0. The zero-order valence-corrected chi connectivity index (χ0v) is 16.0. The molecule has 0 atom stereocenters. The molecule has 0 unspecified atom stereocenters. The number of carbonyl (C=O) groups is 2. The fourth-order valence-corrected chi connectivity index (χ4v) is 2.51. The molecule has 2 aromatic carbocycles. The number of nitrogens with one attached hydrogen (secondary N) is 2. The number of amides is 2. The van der Waals surface area contributed by atoms with Gasteiger partial charge in [0, 0.05) is 12.1 Å². The molecule has 0 aromatic heterocycles. The highest BCUT2D eigenvalue weighted by Crippen LogP contribution is 2.29. The van der Waals surface area contributed by atoms with Crippen LogP contribution in [-0.2, 0) is 0 Å². The maximum atomic E-state index is 12.7. The number of rotatable bonds is 9. The summed E-state index contributed by atoms with van der Waals surface area (Å²) >= 11 is 0.